The van der Waals surface area contributed by atoms with Gasteiger partial charge in [0.1, 0.15) is 24.3 Å². The van der Waals surface area contributed by atoms with Gasteiger partial charge in [-0.3, -0.25) is 19.2 Å². The van der Waals surface area contributed by atoms with Crippen LogP contribution in [0.25, 0.3) is 0 Å². The van der Waals surface area contributed by atoms with E-state index in [9.17, 15) is 28.8 Å². The van der Waals surface area contributed by atoms with Crippen molar-refractivity contribution in [1.82, 2.24) is 10.6 Å². The van der Waals surface area contributed by atoms with Gasteiger partial charge in [0.25, 0.3) is 0 Å². The molecular formula is C54H88N2O10. The van der Waals surface area contributed by atoms with Crippen molar-refractivity contribution in [2.75, 3.05) is 13.2 Å². The number of esters is 4. The van der Waals surface area contributed by atoms with Gasteiger partial charge in [-0.25, -0.2) is 9.59 Å². The Kier molecular flexibility index (Phi) is 35.2. The Labute approximate surface area is 399 Å². The number of amides is 2. The van der Waals surface area contributed by atoms with Crippen molar-refractivity contribution in [1.29, 1.82) is 0 Å². The van der Waals surface area contributed by atoms with Crippen LogP contribution in [0.15, 0.2) is 0 Å². The predicted octanol–water partition coefficient (Wildman–Crippen LogP) is 11.0. The Balaban J connectivity index is 1.97. The van der Waals surface area contributed by atoms with Gasteiger partial charge in [-0.2, -0.15) is 0 Å². The highest BCUT2D eigenvalue weighted by molar-refractivity contribution is 5.85. The Bertz CT molecular complexity index is 1370. The number of nitrogens with one attached hydrogen (secondary N) is 2. The Hall–Kier alpha value is -4.06. The van der Waals surface area contributed by atoms with E-state index in [2.05, 4.69) is 48.2 Å². The van der Waals surface area contributed by atoms with Crippen LogP contribution < -0.4 is 10.6 Å². The van der Waals surface area contributed by atoms with Gasteiger partial charge in [-0.15, -0.1) is 0 Å². The summed E-state index contributed by atoms with van der Waals surface area (Å²) in [6, 6.07) is -1.89. The summed E-state index contributed by atoms with van der Waals surface area (Å²) in [5, 5.41) is 5.66. The molecule has 2 aliphatic heterocycles. The summed E-state index contributed by atoms with van der Waals surface area (Å²) in [7, 11) is 0. The minimum absolute atomic E-state index is 0.0581. The van der Waals surface area contributed by atoms with Gasteiger partial charge in [-0.05, 0) is 88.9 Å². The summed E-state index contributed by atoms with van der Waals surface area (Å²) >= 11 is 0. The fraction of sp³-hybridized carbons (Fsp3) is 0.815. The van der Waals surface area contributed by atoms with E-state index in [-0.39, 0.29) is 75.8 Å². The van der Waals surface area contributed by atoms with E-state index in [0.29, 0.717) is 38.5 Å². The molecule has 1 aliphatic carbocycles. The van der Waals surface area contributed by atoms with E-state index >= 15 is 0 Å². The van der Waals surface area contributed by atoms with E-state index in [1.54, 1.807) is 0 Å². The predicted molar refractivity (Wildman–Crippen MR) is 259 cm³/mol. The summed E-state index contributed by atoms with van der Waals surface area (Å²) in [5.74, 6) is 9.60. The molecule has 2 N–H and O–H groups in total. The van der Waals surface area contributed by atoms with Gasteiger partial charge in [0.05, 0.1) is 13.2 Å². The second-order valence-electron chi connectivity index (χ2n) is 18.4. The number of hydrogen-bond acceptors (Lipinski definition) is 10. The third kappa shape index (κ3) is 31.8. The first-order chi connectivity index (χ1) is 32.2. The summed E-state index contributed by atoms with van der Waals surface area (Å²) in [4.78, 5) is 78.3. The number of carbonyl (C=O) groups is 6. The van der Waals surface area contributed by atoms with Crippen LogP contribution in [-0.4, -0.2) is 73.2 Å². The van der Waals surface area contributed by atoms with Gasteiger partial charge in [0, 0.05) is 38.5 Å². The molecule has 3 aliphatic rings. The number of carbonyl (C=O) groups excluding carboxylic acids is 6. The molecule has 12 heteroatoms. The lowest BCUT2D eigenvalue weighted by Crippen LogP contribution is -2.42. The molecule has 0 unspecified atom stereocenters. The van der Waals surface area contributed by atoms with E-state index in [1.807, 2.05) is 0 Å². The second kappa shape index (κ2) is 40.0. The van der Waals surface area contributed by atoms with Gasteiger partial charge in [0.2, 0.25) is 11.8 Å². The molecule has 2 heterocycles. The molecule has 2 amide bonds. The molecule has 66 heavy (non-hydrogen) atoms. The largest absolute Gasteiger partial charge is 0.464 e. The number of unbranched alkanes of at least 4 members (excludes halogenated alkanes) is 14. The molecule has 0 radical (unpaired) electrons. The molecule has 3 rings (SSSR count). The molecule has 1 fully saturated rings. The van der Waals surface area contributed by atoms with Crippen LogP contribution in [0.1, 0.15) is 245 Å². The van der Waals surface area contributed by atoms with Crippen molar-refractivity contribution in [3.05, 3.63) is 0 Å². The molecule has 2 atom stereocenters. The first-order valence-corrected chi connectivity index (χ1v) is 26.5. The lowest BCUT2D eigenvalue weighted by molar-refractivity contribution is -0.159. The van der Waals surface area contributed by atoms with Crippen molar-refractivity contribution in [2.45, 2.75) is 269 Å². The molecule has 0 saturated heterocycles. The zero-order valence-corrected chi connectivity index (χ0v) is 41.3. The van der Waals surface area contributed by atoms with Gasteiger partial charge in [-0.1, -0.05) is 141 Å². The fourth-order valence-corrected chi connectivity index (χ4v) is 8.25. The van der Waals surface area contributed by atoms with Gasteiger partial charge in [0.15, 0.2) is 0 Å². The Morgan fingerprint density at radius 1 is 0.470 bits per heavy atom. The third-order valence-electron chi connectivity index (χ3n) is 12.4. The number of hydrogen-bond donors (Lipinski definition) is 2. The SMILES string of the molecule is CCCCCCCCCCOC(=O)[C@@H]1CCC(=O)OC2CCC(CC2)OC(=O)CC[C@@H](C(=O)OCCCCCCCCCC)NC(=O)CCCCCCC#CC#CCCCCCCC(=O)N1. The van der Waals surface area contributed by atoms with Gasteiger partial charge >= 0.3 is 23.9 Å². The maximum Gasteiger partial charge on any atom is 0.328 e. The number of fused-ring (bicyclic) bond motifs is 29. The molecule has 1 saturated carbocycles. The van der Waals surface area contributed by atoms with Crippen LogP contribution in [0.5, 0.6) is 0 Å². The minimum Gasteiger partial charge on any atom is -0.464 e. The van der Waals surface area contributed by atoms with Crippen molar-refractivity contribution in [2.24, 2.45) is 0 Å². The lowest BCUT2D eigenvalue weighted by Gasteiger charge is -2.28. The average Bonchev–Trinajstić information content (AvgIpc) is 3.30. The molecule has 0 aromatic rings. The summed E-state index contributed by atoms with van der Waals surface area (Å²) < 4.78 is 22.7. The van der Waals surface area contributed by atoms with E-state index in [0.717, 1.165) is 89.9 Å². The highest BCUT2D eigenvalue weighted by Gasteiger charge is 2.29. The molecule has 0 spiro atoms. The van der Waals surface area contributed by atoms with Gasteiger partial charge < -0.3 is 29.6 Å². The lowest BCUT2D eigenvalue weighted by atomic mass is 9.95. The van der Waals surface area contributed by atoms with Crippen LogP contribution in [0.3, 0.4) is 0 Å². The molecule has 0 aromatic carbocycles. The highest BCUT2D eigenvalue weighted by Crippen LogP contribution is 2.25. The maximum absolute atomic E-state index is 13.2. The van der Waals surface area contributed by atoms with Crippen LogP contribution in [0.4, 0.5) is 0 Å². The standard InChI is InChI=1S/C54H88N2O10/c1-3-5-7-9-11-23-27-31-43-63-53(61)47-39-41-51(59)65-45-35-37-46(38-36-45)66-52(60)42-40-48(54(62)64-44-32-28-24-12-10-8-6-4-2)56-50(58)34-30-26-22-20-18-16-14-13-15-17-19-21-25-29-33-49(57)55-47/h45-48H,3-12,17-44H2,1-2H3,(H,55,57)(H,56,58)/t45?,46?,47-,48-/m0/s1. The third-order valence-corrected chi connectivity index (χ3v) is 12.4. The van der Waals surface area contributed by atoms with Crippen LogP contribution in [0.2, 0.25) is 0 Å². The smallest absolute Gasteiger partial charge is 0.328 e. The summed E-state index contributed by atoms with van der Waals surface area (Å²) in [6.07, 6.45) is 28.0. The molecule has 0 aromatic heterocycles. The Morgan fingerprint density at radius 2 is 0.818 bits per heavy atom. The summed E-state index contributed by atoms with van der Waals surface area (Å²) in [5.41, 5.74) is 0. The fourth-order valence-electron chi connectivity index (χ4n) is 8.25. The topological polar surface area (TPSA) is 163 Å². The average molecular weight is 925 g/mol. The zero-order chi connectivity index (χ0) is 47.7. The van der Waals surface area contributed by atoms with Crippen LogP contribution in [-0.2, 0) is 47.7 Å². The maximum atomic E-state index is 13.2. The van der Waals surface area contributed by atoms with Crippen LogP contribution in [0, 0.1) is 23.7 Å². The minimum atomic E-state index is -0.946. The zero-order valence-electron chi connectivity index (χ0n) is 41.3. The van der Waals surface area contributed by atoms with Crippen molar-refractivity contribution in [3.8, 4) is 23.7 Å². The van der Waals surface area contributed by atoms with E-state index in [4.69, 9.17) is 18.9 Å². The number of ether oxygens (including phenoxy) is 4. The summed E-state index contributed by atoms with van der Waals surface area (Å²) in [6.45, 7) is 4.95. The normalized spacial score (nSPS) is 21.8. The van der Waals surface area contributed by atoms with Crippen molar-refractivity contribution in [3.63, 3.8) is 0 Å². The first-order valence-electron chi connectivity index (χ1n) is 26.5. The molecule has 2 bridgehead atoms. The van der Waals surface area contributed by atoms with E-state index in [1.165, 1.54) is 64.2 Å². The Morgan fingerprint density at radius 3 is 1.20 bits per heavy atom. The monoisotopic (exact) mass is 925 g/mol. The number of rotatable bonds is 20. The van der Waals surface area contributed by atoms with Crippen molar-refractivity contribution < 1.29 is 47.7 Å². The quantitative estimate of drug-likeness (QED) is 0.0520. The first kappa shape index (κ1) is 58.1. The second-order valence-corrected chi connectivity index (χ2v) is 18.4. The van der Waals surface area contributed by atoms with Crippen LogP contribution >= 0.6 is 0 Å². The highest BCUT2D eigenvalue weighted by atomic mass is 16.6. The van der Waals surface area contributed by atoms with E-state index < -0.39 is 36.0 Å². The molecular weight excluding hydrogens is 837 g/mol. The molecule has 12 nitrogen and oxygen atoms in total. The van der Waals surface area contributed by atoms with Crippen molar-refractivity contribution >= 4 is 35.7 Å². The molecule has 374 valence electrons.